The summed E-state index contributed by atoms with van der Waals surface area (Å²) in [6.45, 7) is 2.21. The van der Waals surface area contributed by atoms with Crippen molar-refractivity contribution in [1.82, 2.24) is 9.47 Å². The van der Waals surface area contributed by atoms with Gasteiger partial charge in [0.05, 0.1) is 12.1 Å². The van der Waals surface area contributed by atoms with Crippen molar-refractivity contribution in [3.05, 3.63) is 83.9 Å². The molecule has 0 radical (unpaired) electrons. The van der Waals surface area contributed by atoms with E-state index in [1.165, 1.54) is 29.8 Å². The van der Waals surface area contributed by atoms with Crippen molar-refractivity contribution in [2.45, 2.75) is 25.1 Å². The molecule has 0 bridgehead atoms. The molecular formula is C24H22F2N2O. The van der Waals surface area contributed by atoms with Gasteiger partial charge in [-0.3, -0.25) is 4.90 Å². The Morgan fingerprint density at radius 1 is 0.862 bits per heavy atom. The van der Waals surface area contributed by atoms with E-state index in [0.29, 0.717) is 17.3 Å². The third-order valence-electron chi connectivity index (χ3n) is 5.94. The van der Waals surface area contributed by atoms with Crippen molar-refractivity contribution in [1.29, 1.82) is 0 Å². The number of piperidine rings is 1. The minimum absolute atomic E-state index is 0.141. The Morgan fingerprint density at radius 3 is 2.07 bits per heavy atom. The van der Waals surface area contributed by atoms with E-state index in [9.17, 15) is 13.9 Å². The van der Waals surface area contributed by atoms with Crippen molar-refractivity contribution in [3.8, 4) is 0 Å². The van der Waals surface area contributed by atoms with Gasteiger partial charge in [-0.1, -0.05) is 30.3 Å². The van der Waals surface area contributed by atoms with Crippen LogP contribution in [0.2, 0.25) is 0 Å². The van der Waals surface area contributed by atoms with Gasteiger partial charge in [0, 0.05) is 41.4 Å². The maximum absolute atomic E-state index is 13.9. The number of aliphatic hydroxyl groups is 1. The van der Waals surface area contributed by atoms with Gasteiger partial charge in [-0.2, -0.15) is 0 Å². The van der Waals surface area contributed by atoms with Crippen LogP contribution in [0.4, 0.5) is 8.78 Å². The molecule has 1 N–H and O–H groups in total. The normalized spacial score (nSPS) is 20.5. The molecule has 3 aromatic carbocycles. The highest BCUT2D eigenvalue weighted by Gasteiger charge is 2.31. The van der Waals surface area contributed by atoms with Crippen LogP contribution in [-0.4, -0.2) is 33.8 Å². The second-order valence-electron chi connectivity index (χ2n) is 7.84. The number of hydrogen-bond acceptors (Lipinski definition) is 2. The summed E-state index contributed by atoms with van der Waals surface area (Å²) in [5.41, 5.74) is 2.88. The highest BCUT2D eigenvalue weighted by atomic mass is 19.1. The fourth-order valence-electron chi connectivity index (χ4n) is 4.63. The van der Waals surface area contributed by atoms with Crippen LogP contribution in [0.5, 0.6) is 0 Å². The summed E-state index contributed by atoms with van der Waals surface area (Å²) in [7, 11) is 0. The summed E-state index contributed by atoms with van der Waals surface area (Å²) >= 11 is 0. The van der Waals surface area contributed by atoms with Gasteiger partial charge in [0.2, 0.25) is 0 Å². The van der Waals surface area contributed by atoms with Crippen LogP contribution in [0.3, 0.4) is 0 Å². The Labute approximate surface area is 167 Å². The number of aromatic nitrogens is 1. The van der Waals surface area contributed by atoms with Crippen LogP contribution >= 0.6 is 0 Å². The predicted octanol–water partition coefficient (Wildman–Crippen LogP) is 4.88. The quantitative estimate of drug-likeness (QED) is 0.538. The first kappa shape index (κ1) is 18.3. The number of fused-ring (bicyclic) bond motifs is 3. The van der Waals surface area contributed by atoms with Crippen molar-refractivity contribution in [3.63, 3.8) is 0 Å². The molecule has 5 rings (SSSR count). The van der Waals surface area contributed by atoms with Crippen molar-refractivity contribution in [2.24, 2.45) is 0 Å². The number of likely N-dealkylation sites (tertiary alicyclic amines) is 1. The fourth-order valence-corrected chi connectivity index (χ4v) is 4.63. The van der Waals surface area contributed by atoms with Crippen LogP contribution in [0.1, 0.15) is 18.0 Å². The zero-order chi connectivity index (χ0) is 20.0. The molecule has 1 aliphatic rings. The minimum Gasteiger partial charge on any atom is -0.390 e. The summed E-state index contributed by atoms with van der Waals surface area (Å²) < 4.78 is 29.8. The highest BCUT2D eigenvalue weighted by Crippen LogP contribution is 2.36. The summed E-state index contributed by atoms with van der Waals surface area (Å²) in [5, 5.41) is 12.4. The molecule has 3 nitrogen and oxygen atoms in total. The molecule has 1 fully saturated rings. The summed E-state index contributed by atoms with van der Waals surface area (Å²) in [4.78, 5) is 2.25. The lowest BCUT2D eigenvalue weighted by Crippen LogP contribution is -2.44. The first-order valence-corrected chi connectivity index (χ1v) is 9.93. The highest BCUT2D eigenvalue weighted by molar-refractivity contribution is 6.08. The summed E-state index contributed by atoms with van der Waals surface area (Å²) in [5.74, 6) is -0.696. The van der Waals surface area contributed by atoms with Gasteiger partial charge in [-0.25, -0.2) is 8.78 Å². The van der Waals surface area contributed by atoms with Crippen molar-refractivity contribution in [2.75, 3.05) is 13.1 Å². The average Bonchev–Trinajstić information content (AvgIpc) is 3.02. The molecule has 4 aromatic rings. The number of halogens is 2. The third kappa shape index (κ3) is 3.30. The van der Waals surface area contributed by atoms with Gasteiger partial charge in [-0.15, -0.1) is 0 Å². The SMILES string of the molecule is O[C@H]1CN(Cc2ccccc2)CC[C@@H]1n1c2ccc(F)cc2c2cc(F)ccc21. The zero-order valence-corrected chi connectivity index (χ0v) is 15.9. The van der Waals surface area contributed by atoms with E-state index in [0.717, 1.165) is 30.5 Å². The number of rotatable bonds is 3. The third-order valence-corrected chi connectivity index (χ3v) is 5.94. The maximum atomic E-state index is 13.9. The summed E-state index contributed by atoms with van der Waals surface area (Å²) in [6, 6.07) is 19.3. The Kier molecular flexibility index (Phi) is 4.57. The molecule has 1 aliphatic heterocycles. The maximum Gasteiger partial charge on any atom is 0.123 e. The lowest BCUT2D eigenvalue weighted by atomic mass is 10.0. The van der Waals surface area contributed by atoms with E-state index in [-0.39, 0.29) is 17.7 Å². The molecule has 0 unspecified atom stereocenters. The van der Waals surface area contributed by atoms with Gasteiger partial charge in [-0.05, 0) is 48.4 Å². The van der Waals surface area contributed by atoms with Crippen LogP contribution in [-0.2, 0) is 6.54 Å². The van der Waals surface area contributed by atoms with E-state index < -0.39 is 6.10 Å². The molecule has 29 heavy (non-hydrogen) atoms. The second kappa shape index (κ2) is 7.25. The van der Waals surface area contributed by atoms with E-state index in [1.54, 1.807) is 12.1 Å². The Morgan fingerprint density at radius 2 is 1.48 bits per heavy atom. The van der Waals surface area contributed by atoms with Crippen molar-refractivity contribution < 1.29 is 13.9 Å². The first-order valence-electron chi connectivity index (χ1n) is 9.93. The van der Waals surface area contributed by atoms with Crippen LogP contribution < -0.4 is 0 Å². The van der Waals surface area contributed by atoms with Gasteiger partial charge in [0.1, 0.15) is 11.6 Å². The lowest BCUT2D eigenvalue weighted by Gasteiger charge is -2.37. The van der Waals surface area contributed by atoms with Crippen LogP contribution in [0.25, 0.3) is 21.8 Å². The number of aliphatic hydroxyl groups excluding tert-OH is 1. The van der Waals surface area contributed by atoms with E-state index in [1.807, 2.05) is 18.2 Å². The van der Waals surface area contributed by atoms with Crippen molar-refractivity contribution >= 4 is 21.8 Å². The number of benzene rings is 3. The molecular weight excluding hydrogens is 370 g/mol. The Bertz CT molecular complexity index is 1110. The molecule has 0 spiro atoms. The lowest BCUT2D eigenvalue weighted by molar-refractivity contribution is 0.0269. The number of nitrogens with zero attached hydrogens (tertiary/aromatic N) is 2. The van der Waals surface area contributed by atoms with E-state index in [2.05, 4.69) is 21.6 Å². The molecule has 1 saturated heterocycles. The minimum atomic E-state index is -0.568. The van der Waals surface area contributed by atoms with E-state index >= 15 is 0 Å². The number of hydrogen-bond donors (Lipinski definition) is 1. The molecule has 148 valence electrons. The van der Waals surface area contributed by atoms with Crippen LogP contribution in [0, 0.1) is 11.6 Å². The Balaban J connectivity index is 1.51. The second-order valence-corrected chi connectivity index (χ2v) is 7.84. The molecule has 2 heterocycles. The van der Waals surface area contributed by atoms with Gasteiger partial charge >= 0.3 is 0 Å². The predicted molar refractivity (Wildman–Crippen MR) is 111 cm³/mol. The van der Waals surface area contributed by atoms with Gasteiger partial charge < -0.3 is 9.67 Å². The molecule has 1 aromatic heterocycles. The molecule has 2 atom stereocenters. The zero-order valence-electron chi connectivity index (χ0n) is 15.9. The van der Waals surface area contributed by atoms with Gasteiger partial charge in [0.25, 0.3) is 0 Å². The molecule has 5 heteroatoms. The largest absolute Gasteiger partial charge is 0.390 e. The molecule has 0 saturated carbocycles. The molecule has 0 aliphatic carbocycles. The number of β-amino-alcohol motifs (C(OH)–C–C–N with tert-alkyl or cyclic N) is 1. The summed E-state index contributed by atoms with van der Waals surface area (Å²) in [6.07, 6.45) is 0.197. The molecule has 0 amide bonds. The Hall–Kier alpha value is -2.76. The average molecular weight is 392 g/mol. The standard InChI is InChI=1S/C24H22F2N2O/c25-17-6-8-21-19(12-17)20-13-18(26)7-9-22(20)28(21)23-10-11-27(15-24(23)29)14-16-4-2-1-3-5-16/h1-9,12-13,23-24,29H,10-11,14-15H2/t23-,24-/m0/s1. The first-order chi connectivity index (χ1) is 14.1. The fraction of sp³-hybridized carbons (Fsp3) is 0.250. The van der Waals surface area contributed by atoms with Crippen LogP contribution in [0.15, 0.2) is 66.7 Å². The van der Waals surface area contributed by atoms with Gasteiger partial charge in [0.15, 0.2) is 0 Å². The topological polar surface area (TPSA) is 28.4 Å². The van der Waals surface area contributed by atoms with E-state index in [4.69, 9.17) is 0 Å². The smallest absolute Gasteiger partial charge is 0.123 e. The monoisotopic (exact) mass is 392 g/mol.